The first-order valence-electron chi connectivity index (χ1n) is 7.27. The average Bonchev–Trinajstić information content (AvgIpc) is 2.61. The van der Waals surface area contributed by atoms with Gasteiger partial charge in [-0.1, -0.05) is 29.8 Å². The third-order valence-electron chi connectivity index (χ3n) is 3.48. The zero-order chi connectivity index (χ0) is 17.8. The van der Waals surface area contributed by atoms with Crippen LogP contribution in [-0.2, 0) is 0 Å². The van der Waals surface area contributed by atoms with Crippen molar-refractivity contribution in [3.63, 3.8) is 0 Å². The Bertz CT molecular complexity index is 908. The monoisotopic (exact) mass is 418 g/mol. The number of hydrogen-bond acceptors (Lipinski definition) is 5. The highest BCUT2D eigenvalue weighted by atomic mass is 79.9. The van der Waals surface area contributed by atoms with Crippen molar-refractivity contribution in [2.75, 3.05) is 5.32 Å². The van der Waals surface area contributed by atoms with Gasteiger partial charge in [-0.15, -0.1) is 0 Å². The Labute approximate surface area is 157 Å². The minimum atomic E-state index is -0.491. The molecule has 0 bridgehead atoms. The molecule has 1 atom stereocenters. The van der Waals surface area contributed by atoms with E-state index >= 15 is 0 Å². The molecular formula is C17H12BrClN4O2. The van der Waals surface area contributed by atoms with Gasteiger partial charge in [-0.05, 0) is 45.8 Å². The number of nitro groups is 1. The van der Waals surface area contributed by atoms with Crippen LogP contribution in [0, 0.1) is 10.1 Å². The highest BCUT2D eigenvalue weighted by Crippen LogP contribution is 2.31. The smallest absolute Gasteiger partial charge is 0.288 e. The van der Waals surface area contributed by atoms with Gasteiger partial charge in [0.05, 0.1) is 21.1 Å². The Morgan fingerprint density at radius 1 is 1.16 bits per heavy atom. The Hall–Kier alpha value is -2.51. The summed E-state index contributed by atoms with van der Waals surface area (Å²) < 4.78 is 0.490. The molecule has 3 rings (SSSR count). The molecule has 25 heavy (non-hydrogen) atoms. The highest BCUT2D eigenvalue weighted by Gasteiger charge is 2.19. The number of rotatable bonds is 5. The highest BCUT2D eigenvalue weighted by molar-refractivity contribution is 9.10. The number of anilines is 1. The molecule has 0 aliphatic carbocycles. The number of benzene rings is 1. The van der Waals surface area contributed by atoms with E-state index in [4.69, 9.17) is 11.6 Å². The molecule has 0 radical (unpaired) electrons. The van der Waals surface area contributed by atoms with Gasteiger partial charge in [-0.3, -0.25) is 15.1 Å². The summed E-state index contributed by atoms with van der Waals surface area (Å²) >= 11 is 9.45. The Morgan fingerprint density at radius 2 is 2.00 bits per heavy atom. The summed E-state index contributed by atoms with van der Waals surface area (Å²) in [6, 6.07) is 14.1. The number of nitrogens with zero attached hydrogens (tertiary/aromatic N) is 3. The van der Waals surface area contributed by atoms with E-state index in [1.54, 1.807) is 12.3 Å². The first-order chi connectivity index (χ1) is 12.0. The molecule has 0 aliphatic heterocycles. The number of pyridine rings is 2. The van der Waals surface area contributed by atoms with Crippen molar-refractivity contribution >= 4 is 39.0 Å². The lowest BCUT2D eigenvalue weighted by molar-refractivity contribution is -0.385. The summed E-state index contributed by atoms with van der Waals surface area (Å²) in [6.07, 6.45) is 2.91. The van der Waals surface area contributed by atoms with Crippen molar-refractivity contribution in [1.82, 2.24) is 9.97 Å². The minimum absolute atomic E-state index is 0.0884. The Morgan fingerprint density at radius 3 is 2.64 bits per heavy atom. The molecule has 0 aliphatic rings. The first kappa shape index (κ1) is 17.3. The number of halogens is 2. The summed E-state index contributed by atoms with van der Waals surface area (Å²) in [7, 11) is 0. The van der Waals surface area contributed by atoms with Gasteiger partial charge in [-0.25, -0.2) is 4.98 Å². The van der Waals surface area contributed by atoms with E-state index in [9.17, 15) is 10.1 Å². The third kappa shape index (κ3) is 4.12. The van der Waals surface area contributed by atoms with Crippen LogP contribution in [0.5, 0.6) is 0 Å². The summed E-state index contributed by atoms with van der Waals surface area (Å²) in [6.45, 7) is 0. The predicted octanol–water partition coefficient (Wildman–Crippen LogP) is 5.00. The molecule has 1 aromatic carbocycles. The van der Waals surface area contributed by atoms with Crippen molar-refractivity contribution < 1.29 is 4.92 Å². The van der Waals surface area contributed by atoms with Crippen LogP contribution in [0.3, 0.4) is 0 Å². The van der Waals surface area contributed by atoms with E-state index in [-0.39, 0.29) is 11.7 Å². The topological polar surface area (TPSA) is 81.0 Å². The molecule has 8 heteroatoms. The summed E-state index contributed by atoms with van der Waals surface area (Å²) in [4.78, 5) is 18.9. The van der Waals surface area contributed by atoms with Gasteiger partial charge in [0.2, 0.25) is 0 Å². The molecule has 2 aromatic heterocycles. The molecular weight excluding hydrogens is 408 g/mol. The second-order valence-electron chi connectivity index (χ2n) is 5.17. The van der Waals surface area contributed by atoms with Gasteiger partial charge in [0.1, 0.15) is 12.0 Å². The van der Waals surface area contributed by atoms with Gasteiger partial charge < -0.3 is 5.32 Å². The fourth-order valence-electron chi connectivity index (χ4n) is 2.33. The standard InChI is InChI=1S/C17H12BrClN4O2/c18-14-9-13(23(24)25)10-21-17(14)22-16(15-6-1-2-7-20-15)11-4-3-5-12(19)8-11/h1-10,16H,(H,21,22). The molecule has 126 valence electrons. The second-order valence-corrected chi connectivity index (χ2v) is 6.46. The maximum Gasteiger partial charge on any atom is 0.288 e. The predicted molar refractivity (Wildman–Crippen MR) is 99.7 cm³/mol. The third-order valence-corrected chi connectivity index (χ3v) is 4.32. The van der Waals surface area contributed by atoms with Gasteiger partial charge >= 0.3 is 0 Å². The van der Waals surface area contributed by atoms with E-state index in [1.165, 1.54) is 12.3 Å². The molecule has 1 N–H and O–H groups in total. The van der Waals surface area contributed by atoms with Crippen LogP contribution in [0.4, 0.5) is 11.5 Å². The molecule has 3 aromatic rings. The minimum Gasteiger partial charge on any atom is -0.357 e. The Kier molecular flexibility index (Phi) is 5.25. The van der Waals surface area contributed by atoms with E-state index in [0.717, 1.165) is 11.3 Å². The summed E-state index contributed by atoms with van der Waals surface area (Å²) in [5.74, 6) is 0.473. The van der Waals surface area contributed by atoms with Gasteiger partial charge in [-0.2, -0.15) is 0 Å². The van der Waals surface area contributed by atoms with Crippen molar-refractivity contribution in [3.8, 4) is 0 Å². The van der Waals surface area contributed by atoms with Crippen LogP contribution in [0.2, 0.25) is 5.02 Å². The molecule has 0 amide bonds. The van der Waals surface area contributed by atoms with Crippen LogP contribution in [0.1, 0.15) is 17.3 Å². The zero-order valence-electron chi connectivity index (χ0n) is 12.8. The second kappa shape index (κ2) is 7.58. The van der Waals surface area contributed by atoms with Gasteiger partial charge in [0.15, 0.2) is 0 Å². The summed E-state index contributed by atoms with van der Waals surface area (Å²) in [5.41, 5.74) is 1.59. The van der Waals surface area contributed by atoms with E-state index in [1.807, 2.05) is 36.4 Å². The first-order valence-corrected chi connectivity index (χ1v) is 8.44. The van der Waals surface area contributed by atoms with Crippen LogP contribution < -0.4 is 5.32 Å². The lowest BCUT2D eigenvalue weighted by Gasteiger charge is -2.20. The van der Waals surface area contributed by atoms with Crippen LogP contribution >= 0.6 is 27.5 Å². The van der Waals surface area contributed by atoms with Gasteiger partial charge in [0, 0.05) is 17.3 Å². The molecule has 0 spiro atoms. The molecule has 1 unspecified atom stereocenters. The fraction of sp³-hybridized carbons (Fsp3) is 0.0588. The van der Waals surface area contributed by atoms with Crippen molar-refractivity contribution in [1.29, 1.82) is 0 Å². The fourth-order valence-corrected chi connectivity index (χ4v) is 2.98. The van der Waals surface area contributed by atoms with Crippen LogP contribution in [0.25, 0.3) is 0 Å². The van der Waals surface area contributed by atoms with Crippen LogP contribution in [-0.4, -0.2) is 14.9 Å². The maximum absolute atomic E-state index is 10.9. The average molecular weight is 420 g/mol. The van der Waals surface area contributed by atoms with E-state index < -0.39 is 4.92 Å². The zero-order valence-corrected chi connectivity index (χ0v) is 15.1. The van der Waals surface area contributed by atoms with E-state index in [0.29, 0.717) is 15.3 Å². The molecule has 0 fully saturated rings. The quantitative estimate of drug-likeness (QED) is 0.465. The normalized spacial score (nSPS) is 11.8. The molecule has 2 heterocycles. The van der Waals surface area contributed by atoms with Crippen molar-refractivity contribution in [2.24, 2.45) is 0 Å². The lowest BCUT2D eigenvalue weighted by atomic mass is 10.0. The molecule has 0 saturated carbocycles. The molecule has 6 nitrogen and oxygen atoms in total. The number of nitrogens with one attached hydrogen (secondary N) is 1. The van der Waals surface area contributed by atoms with Crippen LogP contribution in [0.15, 0.2) is 65.4 Å². The lowest BCUT2D eigenvalue weighted by Crippen LogP contribution is -2.15. The SMILES string of the molecule is O=[N+]([O-])c1cnc(NC(c2cccc(Cl)c2)c2ccccn2)c(Br)c1. The number of hydrogen-bond donors (Lipinski definition) is 1. The largest absolute Gasteiger partial charge is 0.357 e. The van der Waals surface area contributed by atoms with Crippen molar-refractivity contribution in [3.05, 3.63) is 91.8 Å². The van der Waals surface area contributed by atoms with E-state index in [2.05, 4.69) is 31.2 Å². The maximum atomic E-state index is 10.9. The number of aromatic nitrogens is 2. The Balaban J connectivity index is 2.00. The summed E-state index contributed by atoms with van der Waals surface area (Å²) in [5, 5.41) is 14.7. The molecule has 0 saturated heterocycles. The van der Waals surface area contributed by atoms with Crippen molar-refractivity contribution in [2.45, 2.75) is 6.04 Å². The van der Waals surface area contributed by atoms with Gasteiger partial charge in [0.25, 0.3) is 5.69 Å².